The maximum absolute atomic E-state index is 12.6. The number of amides is 1. The highest BCUT2D eigenvalue weighted by atomic mass is 35.5. The average molecular weight is 447 g/mol. The van der Waals surface area contributed by atoms with Gasteiger partial charge in [-0.2, -0.15) is 0 Å². The van der Waals surface area contributed by atoms with Gasteiger partial charge in [-0.1, -0.05) is 17.7 Å². The molecule has 9 heteroatoms. The number of pyridine rings is 1. The minimum atomic E-state index is -0.314. The van der Waals surface area contributed by atoms with Gasteiger partial charge in [-0.3, -0.25) is 4.79 Å². The summed E-state index contributed by atoms with van der Waals surface area (Å²) in [5.74, 6) is 2.04. The molecule has 8 nitrogen and oxygen atoms in total. The fourth-order valence-electron chi connectivity index (χ4n) is 2.90. The van der Waals surface area contributed by atoms with Crippen molar-refractivity contribution in [2.75, 3.05) is 23.1 Å². The third kappa shape index (κ3) is 5.30. The van der Waals surface area contributed by atoms with E-state index in [1.54, 1.807) is 42.6 Å². The summed E-state index contributed by atoms with van der Waals surface area (Å²) in [6.07, 6.45) is 3.16. The minimum absolute atomic E-state index is 0.314. The Morgan fingerprint density at radius 1 is 0.844 bits per heavy atom. The molecule has 2 aromatic carbocycles. The van der Waals surface area contributed by atoms with E-state index in [1.165, 1.54) is 13.4 Å². The van der Waals surface area contributed by atoms with Crippen LogP contribution in [0.2, 0.25) is 5.02 Å². The lowest BCUT2D eigenvalue weighted by Crippen LogP contribution is -2.13. The summed E-state index contributed by atoms with van der Waals surface area (Å²) in [5, 5.41) is 9.62. The molecule has 2 aromatic heterocycles. The Labute approximate surface area is 189 Å². The molecule has 0 aliphatic carbocycles. The van der Waals surface area contributed by atoms with Crippen LogP contribution in [0.1, 0.15) is 10.4 Å². The number of rotatable bonds is 7. The predicted octanol–water partition coefficient (Wildman–Crippen LogP) is 5.27. The van der Waals surface area contributed by atoms with Gasteiger partial charge in [-0.25, -0.2) is 15.0 Å². The number of carbonyl (C=O) groups excluding carboxylic acids is 1. The van der Waals surface area contributed by atoms with Gasteiger partial charge in [0.25, 0.3) is 5.91 Å². The number of hydrogen-bond acceptors (Lipinski definition) is 7. The van der Waals surface area contributed by atoms with Crippen molar-refractivity contribution >= 4 is 46.3 Å². The summed E-state index contributed by atoms with van der Waals surface area (Å²) in [6.45, 7) is 0. The summed E-state index contributed by atoms with van der Waals surface area (Å²) >= 11 is 6.01. The lowest BCUT2D eigenvalue weighted by Gasteiger charge is -2.11. The van der Waals surface area contributed by atoms with E-state index >= 15 is 0 Å². The Kier molecular flexibility index (Phi) is 6.43. The predicted molar refractivity (Wildman–Crippen MR) is 125 cm³/mol. The number of anilines is 5. The zero-order valence-corrected chi connectivity index (χ0v) is 17.8. The third-order valence-corrected chi connectivity index (χ3v) is 4.64. The van der Waals surface area contributed by atoms with Gasteiger partial charge in [-0.15, -0.1) is 0 Å². The van der Waals surface area contributed by atoms with Gasteiger partial charge >= 0.3 is 0 Å². The van der Waals surface area contributed by atoms with Crippen LogP contribution in [0, 0.1) is 0 Å². The van der Waals surface area contributed by atoms with Crippen LogP contribution in [0.4, 0.5) is 28.8 Å². The van der Waals surface area contributed by atoms with Gasteiger partial charge in [0.05, 0.1) is 12.7 Å². The van der Waals surface area contributed by atoms with E-state index in [1.807, 2.05) is 30.3 Å². The summed E-state index contributed by atoms with van der Waals surface area (Å²) in [5.41, 5.74) is 1.78. The van der Waals surface area contributed by atoms with Crippen molar-refractivity contribution < 1.29 is 9.53 Å². The van der Waals surface area contributed by atoms with E-state index in [-0.39, 0.29) is 5.91 Å². The lowest BCUT2D eigenvalue weighted by molar-refractivity contribution is 0.102. The summed E-state index contributed by atoms with van der Waals surface area (Å²) in [6, 6.07) is 19.5. The third-order valence-electron chi connectivity index (χ3n) is 4.41. The van der Waals surface area contributed by atoms with Crippen LogP contribution >= 0.6 is 11.6 Å². The molecule has 0 atom stereocenters. The van der Waals surface area contributed by atoms with E-state index in [9.17, 15) is 4.79 Å². The molecule has 4 aromatic rings. The number of methoxy groups -OCH3 is 1. The van der Waals surface area contributed by atoms with E-state index in [0.29, 0.717) is 39.5 Å². The molecule has 0 spiro atoms. The van der Waals surface area contributed by atoms with Gasteiger partial charge in [0.15, 0.2) is 0 Å². The molecule has 2 heterocycles. The Morgan fingerprint density at radius 2 is 1.59 bits per heavy atom. The van der Waals surface area contributed by atoms with Crippen LogP contribution in [0.15, 0.2) is 79.3 Å². The van der Waals surface area contributed by atoms with Crippen LogP contribution in [-0.4, -0.2) is 28.0 Å². The van der Waals surface area contributed by atoms with Crippen LogP contribution < -0.4 is 20.7 Å². The largest absolute Gasteiger partial charge is 0.496 e. The first-order valence-corrected chi connectivity index (χ1v) is 10.0. The maximum atomic E-state index is 12.6. The molecular weight excluding hydrogens is 428 g/mol. The van der Waals surface area contributed by atoms with Gasteiger partial charge in [0.2, 0.25) is 0 Å². The molecule has 1 amide bonds. The number of benzene rings is 2. The normalized spacial score (nSPS) is 10.3. The second kappa shape index (κ2) is 9.76. The fraction of sp³-hybridized carbons (Fsp3) is 0.0435. The highest BCUT2D eigenvalue weighted by Crippen LogP contribution is 2.25. The monoisotopic (exact) mass is 446 g/mol. The van der Waals surface area contributed by atoms with Crippen molar-refractivity contribution in [1.29, 1.82) is 0 Å². The fourth-order valence-corrected chi connectivity index (χ4v) is 3.07. The number of carbonyl (C=O) groups is 1. The number of nitrogens with zero attached hydrogens (tertiary/aromatic N) is 3. The van der Waals surface area contributed by atoms with Crippen LogP contribution in [0.5, 0.6) is 5.75 Å². The number of aromatic nitrogens is 3. The van der Waals surface area contributed by atoms with E-state index in [2.05, 4.69) is 30.9 Å². The Balaban J connectivity index is 1.42. The topological polar surface area (TPSA) is 101 Å². The standard InChI is InChI=1S/C23H19ClN6O2/c1-32-19-10-5-15(24)12-18(19)23(31)29-17-8-6-16(7-9-17)28-21-13-22(27-14-26-21)30-20-4-2-3-11-25-20/h2-14H,1H3,(H,29,31)(H2,25,26,27,28,30). The van der Waals surface area contributed by atoms with Crippen molar-refractivity contribution in [1.82, 2.24) is 15.0 Å². The summed E-state index contributed by atoms with van der Waals surface area (Å²) in [4.78, 5) is 25.3. The quantitative estimate of drug-likeness (QED) is 0.355. The number of nitrogens with one attached hydrogen (secondary N) is 3. The van der Waals surface area contributed by atoms with Crippen LogP contribution in [-0.2, 0) is 0 Å². The Morgan fingerprint density at radius 3 is 2.31 bits per heavy atom. The molecule has 160 valence electrons. The van der Waals surface area contributed by atoms with Gasteiger partial charge in [-0.05, 0) is 54.6 Å². The highest BCUT2D eigenvalue weighted by molar-refractivity contribution is 6.31. The Bertz CT molecular complexity index is 1220. The summed E-state index contributed by atoms with van der Waals surface area (Å²) < 4.78 is 5.24. The molecule has 0 saturated heterocycles. The van der Waals surface area contributed by atoms with Crippen LogP contribution in [0.25, 0.3) is 0 Å². The molecule has 0 fully saturated rings. The summed E-state index contributed by atoms with van der Waals surface area (Å²) in [7, 11) is 1.50. The maximum Gasteiger partial charge on any atom is 0.259 e. The van der Waals surface area contributed by atoms with E-state index in [4.69, 9.17) is 16.3 Å². The first-order valence-electron chi connectivity index (χ1n) is 9.63. The second-order valence-electron chi connectivity index (χ2n) is 6.63. The van der Waals surface area contributed by atoms with E-state index < -0.39 is 0 Å². The number of hydrogen-bond donors (Lipinski definition) is 3. The first-order chi connectivity index (χ1) is 15.6. The molecule has 0 aliphatic heterocycles. The number of halogens is 1. The van der Waals surface area contributed by atoms with Crippen molar-refractivity contribution in [3.8, 4) is 5.75 Å². The average Bonchev–Trinajstić information content (AvgIpc) is 2.81. The molecule has 0 bridgehead atoms. The molecule has 32 heavy (non-hydrogen) atoms. The van der Waals surface area contributed by atoms with Crippen molar-refractivity contribution in [3.63, 3.8) is 0 Å². The number of ether oxygens (including phenoxy) is 1. The zero-order chi connectivity index (χ0) is 22.3. The van der Waals surface area contributed by atoms with E-state index in [0.717, 1.165) is 5.69 Å². The molecule has 0 aliphatic rings. The van der Waals surface area contributed by atoms with Crippen molar-refractivity contribution in [2.24, 2.45) is 0 Å². The molecule has 0 radical (unpaired) electrons. The van der Waals surface area contributed by atoms with Gasteiger partial charge < -0.3 is 20.7 Å². The lowest BCUT2D eigenvalue weighted by atomic mass is 10.1. The van der Waals surface area contributed by atoms with Crippen LogP contribution in [0.3, 0.4) is 0 Å². The van der Waals surface area contributed by atoms with Gasteiger partial charge in [0.1, 0.15) is 29.5 Å². The molecule has 0 saturated carbocycles. The molecule has 0 unspecified atom stereocenters. The zero-order valence-electron chi connectivity index (χ0n) is 17.0. The van der Waals surface area contributed by atoms with Crippen molar-refractivity contribution in [2.45, 2.75) is 0 Å². The molecular formula is C23H19ClN6O2. The molecule has 4 rings (SSSR count). The van der Waals surface area contributed by atoms with Gasteiger partial charge in [0, 0.05) is 28.7 Å². The smallest absolute Gasteiger partial charge is 0.259 e. The first kappa shape index (κ1) is 21.1. The minimum Gasteiger partial charge on any atom is -0.496 e. The Hall–Kier alpha value is -4.17. The van der Waals surface area contributed by atoms with Crippen molar-refractivity contribution in [3.05, 3.63) is 89.8 Å². The molecule has 3 N–H and O–H groups in total. The second-order valence-corrected chi connectivity index (χ2v) is 7.07. The highest BCUT2D eigenvalue weighted by Gasteiger charge is 2.13. The SMILES string of the molecule is COc1ccc(Cl)cc1C(=O)Nc1ccc(Nc2cc(Nc3ccccn3)ncn2)cc1.